The summed E-state index contributed by atoms with van der Waals surface area (Å²) >= 11 is 4.27. The van der Waals surface area contributed by atoms with Crippen LogP contribution in [-0.4, -0.2) is 29.9 Å². The zero-order valence-corrected chi connectivity index (χ0v) is 10.2. The Labute approximate surface area is 97.0 Å². The fourth-order valence-corrected chi connectivity index (χ4v) is 2.01. The van der Waals surface area contributed by atoms with Gasteiger partial charge in [-0.2, -0.15) is 12.6 Å². The molecule has 0 aliphatic heterocycles. The summed E-state index contributed by atoms with van der Waals surface area (Å²) in [5, 5.41) is 11.6. The topological polar surface area (TPSA) is 49.3 Å². The largest absolute Gasteiger partial charge is 0.396 e. The van der Waals surface area contributed by atoms with Gasteiger partial charge < -0.3 is 10.4 Å². The standard InChI is InChI=1S/C11H21NO2S/c1-9(2-5-13)7-12-10(14)6-11(8-15)3-4-11/h9,13,15H,2-8H2,1H3,(H,12,14). The van der Waals surface area contributed by atoms with Crippen LogP contribution in [0, 0.1) is 11.3 Å². The van der Waals surface area contributed by atoms with Gasteiger partial charge in [0.1, 0.15) is 0 Å². The lowest BCUT2D eigenvalue weighted by Gasteiger charge is -2.14. The first-order chi connectivity index (χ1) is 7.12. The average Bonchev–Trinajstić information content (AvgIpc) is 2.96. The smallest absolute Gasteiger partial charge is 0.220 e. The molecule has 88 valence electrons. The average molecular weight is 231 g/mol. The summed E-state index contributed by atoms with van der Waals surface area (Å²) in [6, 6.07) is 0. The Morgan fingerprint density at radius 2 is 2.27 bits per heavy atom. The lowest BCUT2D eigenvalue weighted by atomic mass is 10.0. The summed E-state index contributed by atoms with van der Waals surface area (Å²) in [5.41, 5.74) is 0.202. The predicted molar refractivity (Wildman–Crippen MR) is 64.0 cm³/mol. The molecule has 15 heavy (non-hydrogen) atoms. The Kier molecular flexibility index (Phi) is 4.93. The molecular formula is C11H21NO2S. The Morgan fingerprint density at radius 1 is 1.60 bits per heavy atom. The van der Waals surface area contributed by atoms with Crippen molar-refractivity contribution in [3.8, 4) is 0 Å². The summed E-state index contributed by atoms with van der Waals surface area (Å²) < 4.78 is 0. The normalized spacial score (nSPS) is 19.7. The quantitative estimate of drug-likeness (QED) is 0.577. The van der Waals surface area contributed by atoms with Crippen molar-refractivity contribution in [1.82, 2.24) is 5.32 Å². The number of amides is 1. The lowest BCUT2D eigenvalue weighted by Crippen LogP contribution is -2.30. The van der Waals surface area contributed by atoms with Crippen molar-refractivity contribution >= 4 is 18.5 Å². The van der Waals surface area contributed by atoms with E-state index >= 15 is 0 Å². The van der Waals surface area contributed by atoms with Crippen LogP contribution < -0.4 is 5.32 Å². The number of hydrogen-bond donors (Lipinski definition) is 3. The third-order valence-electron chi connectivity index (χ3n) is 3.10. The van der Waals surface area contributed by atoms with Crippen molar-refractivity contribution in [3.63, 3.8) is 0 Å². The molecule has 1 fully saturated rings. The van der Waals surface area contributed by atoms with Crippen molar-refractivity contribution in [1.29, 1.82) is 0 Å². The van der Waals surface area contributed by atoms with E-state index in [1.165, 1.54) is 0 Å². The van der Waals surface area contributed by atoms with E-state index in [0.717, 1.165) is 25.0 Å². The first-order valence-corrected chi connectivity index (χ1v) is 6.23. The maximum absolute atomic E-state index is 11.6. The zero-order chi connectivity index (χ0) is 11.3. The van der Waals surface area contributed by atoms with Crippen LogP contribution in [0.4, 0.5) is 0 Å². The molecule has 0 radical (unpaired) electrons. The third-order valence-corrected chi connectivity index (χ3v) is 3.77. The molecule has 1 saturated carbocycles. The van der Waals surface area contributed by atoms with E-state index in [9.17, 15) is 4.79 Å². The van der Waals surface area contributed by atoms with Crippen molar-refractivity contribution < 1.29 is 9.90 Å². The van der Waals surface area contributed by atoms with Crippen LogP contribution in [0.1, 0.15) is 32.6 Å². The summed E-state index contributed by atoms with van der Waals surface area (Å²) in [4.78, 5) is 11.6. The molecule has 0 bridgehead atoms. The van der Waals surface area contributed by atoms with Gasteiger partial charge in [-0.3, -0.25) is 4.79 Å². The van der Waals surface area contributed by atoms with Gasteiger partial charge in [-0.1, -0.05) is 6.92 Å². The number of rotatable bonds is 7. The second-order valence-electron chi connectivity index (χ2n) is 4.76. The van der Waals surface area contributed by atoms with Crippen LogP contribution in [0.2, 0.25) is 0 Å². The number of carbonyl (C=O) groups excluding carboxylic acids is 1. The maximum Gasteiger partial charge on any atom is 0.220 e. The van der Waals surface area contributed by atoms with Gasteiger partial charge in [-0.15, -0.1) is 0 Å². The highest BCUT2D eigenvalue weighted by atomic mass is 32.1. The number of carbonyl (C=O) groups is 1. The Hall–Kier alpha value is -0.220. The van der Waals surface area contributed by atoms with Gasteiger partial charge in [0.25, 0.3) is 0 Å². The molecule has 0 aromatic rings. The molecule has 0 heterocycles. The SMILES string of the molecule is CC(CCO)CNC(=O)CC1(CS)CC1. The van der Waals surface area contributed by atoms with Crippen molar-refractivity contribution in [3.05, 3.63) is 0 Å². The van der Waals surface area contributed by atoms with E-state index in [4.69, 9.17) is 5.11 Å². The van der Waals surface area contributed by atoms with E-state index in [1.807, 2.05) is 6.92 Å². The van der Waals surface area contributed by atoms with Gasteiger partial charge in [0.05, 0.1) is 0 Å². The number of aliphatic hydroxyl groups is 1. The molecule has 0 aromatic carbocycles. The fourth-order valence-electron chi connectivity index (χ4n) is 1.58. The molecule has 1 amide bonds. The molecule has 1 rings (SSSR count). The molecule has 0 spiro atoms. The van der Waals surface area contributed by atoms with Crippen LogP contribution in [0.5, 0.6) is 0 Å². The third kappa shape index (κ3) is 4.43. The van der Waals surface area contributed by atoms with Crippen molar-refractivity contribution in [2.24, 2.45) is 11.3 Å². The second-order valence-corrected chi connectivity index (χ2v) is 5.07. The first-order valence-electron chi connectivity index (χ1n) is 5.60. The molecular weight excluding hydrogens is 210 g/mol. The van der Waals surface area contributed by atoms with Gasteiger partial charge >= 0.3 is 0 Å². The van der Waals surface area contributed by atoms with Gasteiger partial charge in [0, 0.05) is 19.6 Å². The number of hydrogen-bond acceptors (Lipinski definition) is 3. The van der Waals surface area contributed by atoms with E-state index in [1.54, 1.807) is 0 Å². The van der Waals surface area contributed by atoms with Crippen molar-refractivity contribution in [2.45, 2.75) is 32.6 Å². The molecule has 1 aliphatic carbocycles. The van der Waals surface area contributed by atoms with E-state index in [2.05, 4.69) is 17.9 Å². The molecule has 1 unspecified atom stereocenters. The minimum absolute atomic E-state index is 0.131. The summed E-state index contributed by atoms with van der Waals surface area (Å²) in [5.74, 6) is 1.29. The maximum atomic E-state index is 11.6. The van der Waals surface area contributed by atoms with Gasteiger partial charge in [-0.25, -0.2) is 0 Å². The van der Waals surface area contributed by atoms with Gasteiger partial charge in [0.15, 0.2) is 0 Å². The molecule has 2 N–H and O–H groups in total. The molecule has 4 heteroatoms. The van der Waals surface area contributed by atoms with Crippen LogP contribution >= 0.6 is 12.6 Å². The minimum Gasteiger partial charge on any atom is -0.396 e. The molecule has 0 saturated heterocycles. The van der Waals surface area contributed by atoms with Crippen LogP contribution in [-0.2, 0) is 4.79 Å². The van der Waals surface area contributed by atoms with E-state index in [-0.39, 0.29) is 17.9 Å². The summed E-state index contributed by atoms with van der Waals surface area (Å²) in [7, 11) is 0. The van der Waals surface area contributed by atoms with Gasteiger partial charge in [0.2, 0.25) is 5.91 Å². The van der Waals surface area contributed by atoms with Crippen LogP contribution in [0.15, 0.2) is 0 Å². The predicted octanol–water partition coefficient (Wildman–Crippen LogP) is 1.22. The monoisotopic (exact) mass is 231 g/mol. The van der Waals surface area contributed by atoms with Crippen LogP contribution in [0.25, 0.3) is 0 Å². The molecule has 1 aliphatic rings. The lowest BCUT2D eigenvalue weighted by molar-refractivity contribution is -0.122. The highest BCUT2D eigenvalue weighted by Crippen LogP contribution is 2.49. The van der Waals surface area contributed by atoms with Crippen molar-refractivity contribution in [2.75, 3.05) is 18.9 Å². The Morgan fingerprint density at radius 3 is 2.73 bits per heavy atom. The van der Waals surface area contributed by atoms with E-state index < -0.39 is 0 Å². The Balaban J connectivity index is 2.13. The fraction of sp³-hybridized carbons (Fsp3) is 0.909. The summed E-state index contributed by atoms with van der Waals surface area (Å²) in [6.45, 7) is 2.89. The zero-order valence-electron chi connectivity index (χ0n) is 9.33. The molecule has 1 atom stereocenters. The highest BCUT2D eigenvalue weighted by molar-refractivity contribution is 7.80. The number of aliphatic hydroxyl groups excluding tert-OH is 1. The number of thiol groups is 1. The van der Waals surface area contributed by atoms with Crippen LogP contribution in [0.3, 0.4) is 0 Å². The van der Waals surface area contributed by atoms with E-state index in [0.29, 0.717) is 18.9 Å². The van der Waals surface area contributed by atoms with Gasteiger partial charge in [-0.05, 0) is 36.3 Å². The molecule has 3 nitrogen and oxygen atoms in total. The minimum atomic E-state index is 0.131. The second kappa shape index (κ2) is 5.75. The molecule has 0 aromatic heterocycles. The number of nitrogens with one attached hydrogen (secondary N) is 1. The summed E-state index contributed by atoms with van der Waals surface area (Å²) in [6.07, 6.45) is 3.63. The highest BCUT2D eigenvalue weighted by Gasteiger charge is 2.42. The first kappa shape index (κ1) is 12.8. The Bertz CT molecular complexity index is 217.